The van der Waals surface area contributed by atoms with Crippen molar-refractivity contribution in [2.24, 2.45) is 0 Å². The first-order chi connectivity index (χ1) is 17.5. The van der Waals surface area contributed by atoms with Crippen LogP contribution in [0, 0.1) is 5.82 Å². The Morgan fingerprint density at radius 1 is 1.00 bits per heavy atom. The van der Waals surface area contributed by atoms with Crippen LogP contribution in [0.1, 0.15) is 48.0 Å². The van der Waals surface area contributed by atoms with E-state index in [1.807, 2.05) is 53.4 Å². The van der Waals surface area contributed by atoms with Crippen molar-refractivity contribution in [2.45, 2.75) is 37.8 Å². The van der Waals surface area contributed by atoms with E-state index < -0.39 is 17.9 Å². The molecule has 0 radical (unpaired) electrons. The molecule has 0 aliphatic carbocycles. The van der Waals surface area contributed by atoms with E-state index in [9.17, 15) is 14.3 Å². The second-order valence-corrected chi connectivity index (χ2v) is 9.03. The summed E-state index contributed by atoms with van der Waals surface area (Å²) >= 11 is 0. The van der Waals surface area contributed by atoms with E-state index in [0.29, 0.717) is 29.9 Å². The van der Waals surface area contributed by atoms with Crippen LogP contribution in [0.5, 0.6) is 17.2 Å². The zero-order valence-corrected chi connectivity index (χ0v) is 20.7. The van der Waals surface area contributed by atoms with Crippen LogP contribution in [-0.2, 0) is 11.2 Å². The number of amides is 1. The van der Waals surface area contributed by atoms with Crippen LogP contribution in [0.4, 0.5) is 4.39 Å². The molecule has 1 aliphatic rings. The summed E-state index contributed by atoms with van der Waals surface area (Å²) in [6.07, 6.45) is 3.10. The molecule has 0 saturated carbocycles. The molecule has 36 heavy (non-hydrogen) atoms. The predicted molar refractivity (Wildman–Crippen MR) is 137 cm³/mol. The van der Waals surface area contributed by atoms with Crippen molar-refractivity contribution >= 4 is 5.91 Å². The number of methoxy groups -OCH3 is 2. The summed E-state index contributed by atoms with van der Waals surface area (Å²) in [5.41, 5.74) is 2.25. The van der Waals surface area contributed by atoms with Gasteiger partial charge in [0.05, 0.1) is 14.2 Å². The Labute approximate surface area is 211 Å². The fraction of sp³-hybridized carbons (Fsp3) is 0.345. The first-order valence-electron chi connectivity index (χ1n) is 12.3. The van der Waals surface area contributed by atoms with Crippen LogP contribution in [0.3, 0.4) is 0 Å². The molecule has 1 aliphatic heterocycles. The van der Waals surface area contributed by atoms with Gasteiger partial charge in [0, 0.05) is 24.7 Å². The van der Waals surface area contributed by atoms with Crippen LogP contribution in [0.15, 0.2) is 66.7 Å². The minimum Gasteiger partial charge on any atom is -0.508 e. The van der Waals surface area contributed by atoms with E-state index in [1.54, 1.807) is 14.2 Å². The lowest BCUT2D eigenvalue weighted by Gasteiger charge is -2.29. The van der Waals surface area contributed by atoms with Gasteiger partial charge in [-0.15, -0.1) is 0 Å². The minimum absolute atomic E-state index is 0.00860. The highest BCUT2D eigenvalue weighted by molar-refractivity contribution is 5.83. The number of halogens is 1. The summed E-state index contributed by atoms with van der Waals surface area (Å²) in [5, 5.41) is 14.1. The second-order valence-electron chi connectivity index (χ2n) is 9.03. The quantitative estimate of drug-likeness (QED) is 0.408. The van der Waals surface area contributed by atoms with E-state index in [1.165, 1.54) is 18.2 Å². The molecule has 0 aromatic heterocycles. The number of rotatable bonds is 10. The highest BCUT2D eigenvalue weighted by Gasteiger charge is 2.31. The van der Waals surface area contributed by atoms with E-state index in [2.05, 4.69) is 5.32 Å². The lowest BCUT2D eigenvalue weighted by atomic mass is 9.95. The molecule has 1 heterocycles. The summed E-state index contributed by atoms with van der Waals surface area (Å²) in [4.78, 5) is 15.5. The van der Waals surface area contributed by atoms with Gasteiger partial charge in [0.1, 0.15) is 17.6 Å². The Hall–Kier alpha value is -3.58. The third-order valence-corrected chi connectivity index (χ3v) is 6.70. The Morgan fingerprint density at radius 2 is 1.72 bits per heavy atom. The number of carbonyl (C=O) groups is 1. The molecule has 0 spiro atoms. The number of nitrogens with zero attached hydrogens (tertiary/aromatic N) is 1. The molecule has 0 bridgehead atoms. The maximum atomic E-state index is 14.3. The molecular weight excluding hydrogens is 459 g/mol. The maximum Gasteiger partial charge on any atom is 0.244 e. The monoisotopic (exact) mass is 492 g/mol. The maximum absolute atomic E-state index is 14.3. The van der Waals surface area contributed by atoms with Crippen LogP contribution in [0.25, 0.3) is 0 Å². The number of phenols is 1. The third-order valence-electron chi connectivity index (χ3n) is 6.70. The van der Waals surface area contributed by atoms with Crippen LogP contribution >= 0.6 is 0 Å². The number of ether oxygens (including phenoxy) is 2. The van der Waals surface area contributed by atoms with Gasteiger partial charge in [0.15, 0.2) is 11.5 Å². The molecule has 3 aromatic carbocycles. The number of hydrogen-bond acceptors (Lipinski definition) is 5. The van der Waals surface area contributed by atoms with Crippen molar-refractivity contribution in [3.63, 3.8) is 0 Å². The molecule has 2 N–H and O–H groups in total. The summed E-state index contributed by atoms with van der Waals surface area (Å²) in [5.74, 6) is 0.800. The molecule has 1 amide bonds. The fourth-order valence-corrected chi connectivity index (χ4v) is 4.76. The Bertz CT molecular complexity index is 1170. The third kappa shape index (κ3) is 5.97. The van der Waals surface area contributed by atoms with Crippen molar-refractivity contribution in [2.75, 3.05) is 27.3 Å². The Morgan fingerprint density at radius 3 is 2.42 bits per heavy atom. The first kappa shape index (κ1) is 25.5. The van der Waals surface area contributed by atoms with E-state index >= 15 is 0 Å². The van der Waals surface area contributed by atoms with Gasteiger partial charge in [-0.05, 0) is 67.1 Å². The Balaban J connectivity index is 1.65. The standard InChI is InChI=1S/C29H33FN2O4/c1-35-26-15-11-20(18-27(26)36-2)10-13-24(23-19-22(30)12-14-25(23)33)31-28(21-8-4-3-5-9-21)29(34)32-16-6-7-17-32/h3-5,8-9,11-12,14-15,18-19,24,28,31,33H,6-7,10,13,16-17H2,1-2H3. The van der Waals surface area contributed by atoms with Gasteiger partial charge in [-0.25, -0.2) is 4.39 Å². The van der Waals surface area contributed by atoms with Gasteiger partial charge >= 0.3 is 0 Å². The number of aromatic hydroxyl groups is 1. The lowest BCUT2D eigenvalue weighted by molar-refractivity contribution is -0.132. The molecule has 1 saturated heterocycles. The van der Waals surface area contributed by atoms with Gasteiger partial charge in [-0.2, -0.15) is 0 Å². The lowest BCUT2D eigenvalue weighted by Crippen LogP contribution is -2.41. The zero-order chi connectivity index (χ0) is 25.5. The number of carbonyl (C=O) groups excluding carboxylic acids is 1. The summed E-state index contributed by atoms with van der Waals surface area (Å²) in [7, 11) is 3.18. The summed E-state index contributed by atoms with van der Waals surface area (Å²) < 4.78 is 25.0. The second kappa shape index (κ2) is 11.9. The van der Waals surface area contributed by atoms with Gasteiger partial charge < -0.3 is 19.5 Å². The SMILES string of the molecule is COc1ccc(CCC(NC(C(=O)N2CCCC2)c2ccccc2)c2cc(F)ccc2O)cc1OC. The number of nitrogens with one attached hydrogen (secondary N) is 1. The van der Waals surface area contributed by atoms with Crippen molar-refractivity contribution in [3.8, 4) is 17.2 Å². The zero-order valence-electron chi connectivity index (χ0n) is 20.7. The number of aryl methyl sites for hydroxylation is 1. The highest BCUT2D eigenvalue weighted by Crippen LogP contribution is 2.33. The largest absolute Gasteiger partial charge is 0.508 e. The highest BCUT2D eigenvalue weighted by atomic mass is 19.1. The molecule has 1 fully saturated rings. The molecule has 2 unspecified atom stereocenters. The van der Waals surface area contributed by atoms with Crippen LogP contribution < -0.4 is 14.8 Å². The van der Waals surface area contributed by atoms with Crippen molar-refractivity contribution in [3.05, 3.63) is 89.2 Å². The van der Waals surface area contributed by atoms with Gasteiger partial charge in [-0.1, -0.05) is 36.4 Å². The smallest absolute Gasteiger partial charge is 0.244 e. The Kier molecular flexibility index (Phi) is 8.44. The number of likely N-dealkylation sites (tertiary alicyclic amines) is 1. The fourth-order valence-electron chi connectivity index (χ4n) is 4.76. The number of benzene rings is 3. The molecule has 7 heteroatoms. The minimum atomic E-state index is -0.623. The molecule has 4 rings (SSSR count). The van der Waals surface area contributed by atoms with Crippen molar-refractivity contribution in [1.29, 1.82) is 0 Å². The summed E-state index contributed by atoms with van der Waals surface area (Å²) in [6, 6.07) is 18.1. The van der Waals surface area contributed by atoms with Gasteiger partial charge in [0.2, 0.25) is 5.91 Å². The number of phenolic OH excluding ortho intramolecular Hbond substituents is 1. The molecule has 6 nitrogen and oxygen atoms in total. The molecule has 190 valence electrons. The van der Waals surface area contributed by atoms with Crippen LogP contribution in [-0.4, -0.2) is 43.2 Å². The molecule has 3 aromatic rings. The predicted octanol–water partition coefficient (Wildman–Crippen LogP) is 5.18. The van der Waals surface area contributed by atoms with Crippen molar-refractivity contribution < 1.29 is 23.8 Å². The molecular formula is C29H33FN2O4. The van der Waals surface area contributed by atoms with Crippen LogP contribution in [0.2, 0.25) is 0 Å². The molecule has 2 atom stereocenters. The van der Waals surface area contributed by atoms with Crippen molar-refractivity contribution in [1.82, 2.24) is 10.2 Å². The van der Waals surface area contributed by atoms with E-state index in [4.69, 9.17) is 9.47 Å². The number of hydrogen-bond donors (Lipinski definition) is 2. The van der Waals surface area contributed by atoms with E-state index in [0.717, 1.165) is 37.1 Å². The van der Waals surface area contributed by atoms with E-state index in [-0.39, 0.29) is 11.7 Å². The average molecular weight is 493 g/mol. The summed E-state index contributed by atoms with van der Waals surface area (Å²) in [6.45, 7) is 1.46. The first-order valence-corrected chi connectivity index (χ1v) is 12.3. The normalized spacial score (nSPS) is 14.9. The topological polar surface area (TPSA) is 71.0 Å². The average Bonchev–Trinajstić information content (AvgIpc) is 3.45. The van der Waals surface area contributed by atoms with Gasteiger partial charge in [0.25, 0.3) is 0 Å². The van der Waals surface area contributed by atoms with Gasteiger partial charge in [-0.3, -0.25) is 10.1 Å².